The summed E-state index contributed by atoms with van der Waals surface area (Å²) in [5.41, 5.74) is 4.52. The lowest BCUT2D eigenvalue weighted by Gasteiger charge is -2.34. The second-order valence-corrected chi connectivity index (χ2v) is 10.8. The van der Waals surface area contributed by atoms with E-state index >= 15 is 0 Å². The van der Waals surface area contributed by atoms with E-state index in [2.05, 4.69) is 19.9 Å². The van der Waals surface area contributed by atoms with Gasteiger partial charge in [-0.1, -0.05) is 6.07 Å². The molecule has 5 heterocycles. The lowest BCUT2D eigenvalue weighted by atomic mass is 10.0. The van der Waals surface area contributed by atoms with Gasteiger partial charge in [0.15, 0.2) is 0 Å². The molecule has 5 rings (SSSR count). The third-order valence-corrected chi connectivity index (χ3v) is 7.82. The van der Waals surface area contributed by atoms with Crippen LogP contribution in [0.3, 0.4) is 0 Å². The van der Waals surface area contributed by atoms with Gasteiger partial charge in [-0.3, -0.25) is 9.98 Å². The average molecular weight is 493 g/mol. The standard InChI is InChI=1S/C25H28N6O3S/c1-18(2)34-24-14-22-20(15-28-24)16-29-25(22)19-6-8-27-23(13-19)30-9-11-31(12-10-30)35(32,33)17-21-5-3-4-7-26-21/h3-8,13-15,18H,9-12,16-17H2,1-2H3. The number of piperazine rings is 1. The van der Waals surface area contributed by atoms with Crippen molar-refractivity contribution in [2.45, 2.75) is 32.2 Å². The van der Waals surface area contributed by atoms with Crippen molar-refractivity contribution in [2.75, 3.05) is 31.1 Å². The molecule has 0 spiro atoms. The highest BCUT2D eigenvalue weighted by Gasteiger charge is 2.28. The fourth-order valence-corrected chi connectivity index (χ4v) is 5.76. The molecule has 182 valence electrons. The summed E-state index contributed by atoms with van der Waals surface area (Å²) in [7, 11) is -3.42. The van der Waals surface area contributed by atoms with E-state index in [1.54, 1.807) is 34.9 Å². The summed E-state index contributed by atoms with van der Waals surface area (Å²) in [6.45, 7) is 6.49. The maximum Gasteiger partial charge on any atom is 0.219 e. The highest BCUT2D eigenvalue weighted by molar-refractivity contribution is 7.88. The van der Waals surface area contributed by atoms with Crippen LogP contribution in [0.15, 0.2) is 60.0 Å². The smallest absolute Gasteiger partial charge is 0.219 e. The van der Waals surface area contributed by atoms with E-state index in [4.69, 9.17) is 9.73 Å². The van der Waals surface area contributed by atoms with Crippen molar-refractivity contribution in [1.82, 2.24) is 19.3 Å². The molecular weight excluding hydrogens is 464 g/mol. The van der Waals surface area contributed by atoms with Crippen LogP contribution in [0.5, 0.6) is 5.88 Å². The Bertz CT molecular complexity index is 1340. The SMILES string of the molecule is CC(C)Oc1cc2c(cn1)CN=C2c1ccnc(N2CCN(S(=O)(=O)Cc3ccccn3)CC2)c1. The maximum atomic E-state index is 12.9. The van der Waals surface area contributed by atoms with Gasteiger partial charge in [0.25, 0.3) is 0 Å². The fraction of sp³-hybridized carbons (Fsp3) is 0.360. The van der Waals surface area contributed by atoms with Gasteiger partial charge in [0.1, 0.15) is 11.6 Å². The first-order chi connectivity index (χ1) is 16.9. The van der Waals surface area contributed by atoms with E-state index in [1.165, 1.54) is 0 Å². The Morgan fingerprint density at radius 3 is 2.57 bits per heavy atom. The highest BCUT2D eigenvalue weighted by Crippen LogP contribution is 2.27. The molecule has 0 bridgehead atoms. The third kappa shape index (κ3) is 5.18. The second kappa shape index (κ2) is 9.71. The van der Waals surface area contributed by atoms with Gasteiger partial charge in [0.05, 0.1) is 24.1 Å². The first kappa shape index (κ1) is 23.4. The Balaban J connectivity index is 1.28. The lowest BCUT2D eigenvalue weighted by Crippen LogP contribution is -2.49. The molecule has 35 heavy (non-hydrogen) atoms. The molecule has 2 aliphatic heterocycles. The van der Waals surface area contributed by atoms with Gasteiger partial charge in [-0.2, -0.15) is 4.31 Å². The van der Waals surface area contributed by atoms with Gasteiger partial charge in [0.2, 0.25) is 15.9 Å². The topological polar surface area (TPSA) is 101 Å². The Kier molecular flexibility index (Phi) is 6.48. The summed E-state index contributed by atoms with van der Waals surface area (Å²) in [6, 6.07) is 11.2. The van der Waals surface area contributed by atoms with Gasteiger partial charge in [-0.15, -0.1) is 0 Å². The number of rotatable bonds is 7. The molecule has 0 amide bonds. The van der Waals surface area contributed by atoms with Gasteiger partial charge in [0, 0.05) is 67.5 Å². The summed E-state index contributed by atoms with van der Waals surface area (Å²) in [5.74, 6) is 1.32. The van der Waals surface area contributed by atoms with E-state index in [1.807, 2.05) is 38.2 Å². The number of sulfonamides is 1. The lowest BCUT2D eigenvalue weighted by molar-refractivity contribution is 0.232. The van der Waals surface area contributed by atoms with Gasteiger partial charge < -0.3 is 9.64 Å². The van der Waals surface area contributed by atoms with Crippen molar-refractivity contribution in [3.05, 3.63) is 77.4 Å². The van der Waals surface area contributed by atoms with Gasteiger partial charge in [-0.25, -0.2) is 18.4 Å². The average Bonchev–Trinajstić information content (AvgIpc) is 3.27. The van der Waals surface area contributed by atoms with Crippen LogP contribution in [0.2, 0.25) is 0 Å². The van der Waals surface area contributed by atoms with Crippen LogP contribution in [0, 0.1) is 0 Å². The van der Waals surface area contributed by atoms with E-state index in [0.717, 1.165) is 28.2 Å². The quantitative estimate of drug-likeness (QED) is 0.500. The largest absolute Gasteiger partial charge is 0.475 e. The number of ether oxygens (including phenoxy) is 1. The Morgan fingerprint density at radius 2 is 1.83 bits per heavy atom. The molecule has 0 saturated carbocycles. The summed E-state index contributed by atoms with van der Waals surface area (Å²) in [5, 5.41) is 0. The molecule has 3 aromatic rings. The number of fused-ring (bicyclic) bond motifs is 1. The predicted molar refractivity (Wildman–Crippen MR) is 134 cm³/mol. The number of hydrogen-bond acceptors (Lipinski definition) is 8. The van der Waals surface area contributed by atoms with Crippen LogP contribution in [0.1, 0.15) is 36.2 Å². The number of hydrogen-bond donors (Lipinski definition) is 0. The molecule has 0 aliphatic carbocycles. The first-order valence-corrected chi connectivity index (χ1v) is 13.3. The molecule has 0 aromatic carbocycles. The minimum absolute atomic E-state index is 0.0429. The molecule has 9 nitrogen and oxygen atoms in total. The molecule has 0 unspecified atom stereocenters. The number of aromatic nitrogens is 3. The number of pyridine rings is 3. The van der Waals surface area contributed by atoms with Crippen LogP contribution < -0.4 is 9.64 Å². The second-order valence-electron chi connectivity index (χ2n) is 8.88. The zero-order chi connectivity index (χ0) is 24.4. The Hall–Kier alpha value is -3.37. The van der Waals surface area contributed by atoms with Crippen molar-refractivity contribution >= 4 is 21.6 Å². The first-order valence-electron chi connectivity index (χ1n) is 11.7. The number of aliphatic imine (C=N–C) groups is 1. The molecule has 1 saturated heterocycles. The van der Waals surface area contributed by atoms with Crippen molar-refractivity contribution < 1.29 is 13.2 Å². The maximum absolute atomic E-state index is 12.9. The van der Waals surface area contributed by atoms with E-state index in [0.29, 0.717) is 44.3 Å². The summed E-state index contributed by atoms with van der Waals surface area (Å²) in [4.78, 5) is 20.0. The van der Waals surface area contributed by atoms with E-state index in [-0.39, 0.29) is 11.9 Å². The Labute approximate surface area is 205 Å². The van der Waals surface area contributed by atoms with Crippen molar-refractivity contribution in [3.63, 3.8) is 0 Å². The van der Waals surface area contributed by atoms with E-state index in [9.17, 15) is 8.42 Å². The zero-order valence-corrected chi connectivity index (χ0v) is 20.6. The van der Waals surface area contributed by atoms with Crippen molar-refractivity contribution in [2.24, 2.45) is 4.99 Å². The summed E-state index contributed by atoms with van der Waals surface area (Å²) in [6.07, 6.45) is 5.27. The van der Waals surface area contributed by atoms with Crippen LogP contribution in [0.25, 0.3) is 0 Å². The molecule has 10 heteroatoms. The molecular formula is C25H28N6O3S. The van der Waals surface area contributed by atoms with Crippen molar-refractivity contribution in [3.8, 4) is 5.88 Å². The minimum Gasteiger partial charge on any atom is -0.475 e. The predicted octanol–water partition coefficient (Wildman–Crippen LogP) is 2.66. The monoisotopic (exact) mass is 492 g/mol. The fourth-order valence-electron chi connectivity index (χ4n) is 4.31. The zero-order valence-electron chi connectivity index (χ0n) is 19.8. The molecule has 2 aliphatic rings. The van der Waals surface area contributed by atoms with Crippen LogP contribution in [-0.2, 0) is 22.3 Å². The third-order valence-electron chi connectivity index (χ3n) is 6.01. The van der Waals surface area contributed by atoms with Gasteiger partial charge >= 0.3 is 0 Å². The van der Waals surface area contributed by atoms with Crippen molar-refractivity contribution in [1.29, 1.82) is 0 Å². The molecule has 1 fully saturated rings. The van der Waals surface area contributed by atoms with E-state index < -0.39 is 10.0 Å². The number of nitrogens with zero attached hydrogens (tertiary/aromatic N) is 6. The molecule has 3 aromatic heterocycles. The molecule has 0 radical (unpaired) electrons. The Morgan fingerprint density at radius 1 is 1.00 bits per heavy atom. The summed E-state index contributed by atoms with van der Waals surface area (Å²) < 4.78 is 33.0. The van der Waals surface area contributed by atoms with Crippen LogP contribution in [-0.4, -0.2) is 65.7 Å². The van der Waals surface area contributed by atoms with Crippen LogP contribution in [0.4, 0.5) is 5.82 Å². The molecule has 0 atom stereocenters. The minimum atomic E-state index is -3.42. The molecule has 0 N–H and O–H groups in total. The van der Waals surface area contributed by atoms with Crippen LogP contribution >= 0.6 is 0 Å². The highest BCUT2D eigenvalue weighted by atomic mass is 32.2. The number of anilines is 1. The summed E-state index contributed by atoms with van der Waals surface area (Å²) >= 11 is 0. The van der Waals surface area contributed by atoms with Gasteiger partial charge in [-0.05, 0) is 38.1 Å². The normalized spacial score (nSPS) is 16.3.